The number of nitrogens with zero attached hydrogens (tertiary/aromatic N) is 1. The van der Waals surface area contributed by atoms with Crippen molar-refractivity contribution in [1.82, 2.24) is 4.90 Å². The fraction of sp³-hybridized carbons (Fsp3) is 0.909. The molecule has 0 saturated carbocycles. The molecular formula is C11H23NO4. The van der Waals surface area contributed by atoms with Gasteiger partial charge < -0.3 is 15.3 Å². The zero-order valence-corrected chi connectivity index (χ0v) is 10.5. The number of hydrogen-bond acceptors (Lipinski definition) is 3. The number of aliphatic hydroxyl groups is 2. The molecule has 0 heterocycles. The predicted octanol–water partition coefficient (Wildman–Crippen LogP) is 1.29. The number of aliphatic hydroxyl groups excluding tert-OH is 2. The fourth-order valence-electron chi connectivity index (χ4n) is 1.79. The molecule has 16 heavy (non-hydrogen) atoms. The summed E-state index contributed by atoms with van der Waals surface area (Å²) >= 11 is 0. The third-order valence-corrected chi connectivity index (χ3v) is 2.55. The highest BCUT2D eigenvalue weighted by Gasteiger charge is 2.33. The summed E-state index contributed by atoms with van der Waals surface area (Å²) in [5, 5.41) is 27.6. The quantitative estimate of drug-likeness (QED) is 0.668. The third-order valence-electron chi connectivity index (χ3n) is 2.55. The van der Waals surface area contributed by atoms with Gasteiger partial charge in [0.05, 0.1) is 12.1 Å². The van der Waals surface area contributed by atoms with E-state index in [0.29, 0.717) is 12.8 Å². The van der Waals surface area contributed by atoms with Crippen LogP contribution in [0.4, 0.5) is 4.79 Å². The first-order valence-electron chi connectivity index (χ1n) is 5.53. The van der Waals surface area contributed by atoms with Crippen LogP contribution in [0.1, 0.15) is 40.5 Å². The van der Waals surface area contributed by atoms with Crippen LogP contribution >= 0.6 is 0 Å². The fourth-order valence-corrected chi connectivity index (χ4v) is 1.79. The van der Waals surface area contributed by atoms with Gasteiger partial charge in [0.1, 0.15) is 0 Å². The summed E-state index contributed by atoms with van der Waals surface area (Å²) in [6.07, 6.45) is -0.911. The molecular weight excluding hydrogens is 210 g/mol. The molecule has 2 atom stereocenters. The van der Waals surface area contributed by atoms with E-state index in [9.17, 15) is 9.90 Å². The predicted molar refractivity (Wildman–Crippen MR) is 61.4 cm³/mol. The van der Waals surface area contributed by atoms with E-state index in [1.165, 1.54) is 4.90 Å². The summed E-state index contributed by atoms with van der Waals surface area (Å²) in [5.41, 5.74) is -0.550. The van der Waals surface area contributed by atoms with Gasteiger partial charge >= 0.3 is 6.09 Å². The topological polar surface area (TPSA) is 81.0 Å². The first-order chi connectivity index (χ1) is 7.21. The Morgan fingerprint density at radius 1 is 1.38 bits per heavy atom. The minimum absolute atomic E-state index is 0.00632. The zero-order valence-electron chi connectivity index (χ0n) is 10.5. The SMILES string of the molecule is C[C@@H](C(O)CCCO)N(C(=O)O)C(C)(C)C. The van der Waals surface area contributed by atoms with Crippen LogP contribution in [0.3, 0.4) is 0 Å². The van der Waals surface area contributed by atoms with Crippen LogP contribution in [0.15, 0.2) is 0 Å². The van der Waals surface area contributed by atoms with Crippen molar-refractivity contribution in [3.63, 3.8) is 0 Å². The lowest BCUT2D eigenvalue weighted by atomic mass is 9.99. The molecule has 0 fully saturated rings. The highest BCUT2D eigenvalue weighted by atomic mass is 16.4. The number of carbonyl (C=O) groups is 1. The molecule has 0 spiro atoms. The molecule has 0 aromatic rings. The first-order valence-corrected chi connectivity index (χ1v) is 5.53. The van der Waals surface area contributed by atoms with E-state index in [2.05, 4.69) is 0 Å². The second-order valence-electron chi connectivity index (χ2n) is 5.00. The number of rotatable bonds is 5. The third kappa shape index (κ3) is 4.37. The minimum atomic E-state index is -1.04. The smallest absolute Gasteiger partial charge is 0.408 e. The van der Waals surface area contributed by atoms with Crippen LogP contribution < -0.4 is 0 Å². The normalized spacial score (nSPS) is 15.6. The van der Waals surface area contributed by atoms with Gasteiger partial charge in [0.15, 0.2) is 0 Å². The molecule has 0 radical (unpaired) electrons. The average Bonchev–Trinajstić information content (AvgIpc) is 2.10. The molecule has 0 aromatic heterocycles. The highest BCUT2D eigenvalue weighted by molar-refractivity contribution is 5.66. The summed E-state index contributed by atoms with van der Waals surface area (Å²) in [6.45, 7) is 7.05. The van der Waals surface area contributed by atoms with Crippen molar-refractivity contribution in [2.24, 2.45) is 0 Å². The Bertz CT molecular complexity index is 225. The van der Waals surface area contributed by atoms with Gasteiger partial charge in [0, 0.05) is 12.1 Å². The van der Waals surface area contributed by atoms with Crippen molar-refractivity contribution in [3.05, 3.63) is 0 Å². The number of hydrogen-bond donors (Lipinski definition) is 3. The molecule has 0 aliphatic rings. The van der Waals surface area contributed by atoms with E-state index in [-0.39, 0.29) is 6.61 Å². The first kappa shape index (κ1) is 15.2. The molecule has 0 bridgehead atoms. The maximum Gasteiger partial charge on any atom is 0.408 e. The zero-order chi connectivity index (χ0) is 12.9. The Morgan fingerprint density at radius 3 is 2.19 bits per heavy atom. The minimum Gasteiger partial charge on any atom is -0.465 e. The Kier molecular flexibility index (Phi) is 5.75. The van der Waals surface area contributed by atoms with Gasteiger partial charge in [-0.3, -0.25) is 4.90 Å². The van der Waals surface area contributed by atoms with Crippen LogP contribution in [0, 0.1) is 0 Å². The van der Waals surface area contributed by atoms with Crippen LogP contribution in [0.2, 0.25) is 0 Å². The van der Waals surface area contributed by atoms with E-state index in [0.717, 1.165) is 0 Å². The van der Waals surface area contributed by atoms with Gasteiger partial charge in [-0.1, -0.05) is 0 Å². The van der Waals surface area contributed by atoms with Crippen LogP contribution in [0.25, 0.3) is 0 Å². The van der Waals surface area contributed by atoms with Crippen molar-refractivity contribution in [2.75, 3.05) is 6.61 Å². The molecule has 3 N–H and O–H groups in total. The lowest BCUT2D eigenvalue weighted by Crippen LogP contribution is -2.54. The van der Waals surface area contributed by atoms with Gasteiger partial charge in [-0.2, -0.15) is 0 Å². The van der Waals surface area contributed by atoms with Gasteiger partial charge in [-0.25, -0.2) is 4.79 Å². The standard InChI is InChI=1S/C11H23NO4/c1-8(9(14)6-5-7-13)12(10(15)16)11(2,3)4/h8-9,13-14H,5-7H2,1-4H3,(H,15,16)/t8-,9?/m0/s1. The van der Waals surface area contributed by atoms with E-state index < -0.39 is 23.8 Å². The Hall–Kier alpha value is -0.810. The summed E-state index contributed by atoms with van der Waals surface area (Å²) in [7, 11) is 0. The van der Waals surface area contributed by atoms with Crippen LogP contribution in [-0.2, 0) is 0 Å². The van der Waals surface area contributed by atoms with Crippen molar-refractivity contribution >= 4 is 6.09 Å². The molecule has 1 amide bonds. The van der Waals surface area contributed by atoms with Crippen LogP contribution in [0.5, 0.6) is 0 Å². The molecule has 5 nitrogen and oxygen atoms in total. The maximum absolute atomic E-state index is 11.1. The van der Waals surface area contributed by atoms with Gasteiger partial charge in [0.25, 0.3) is 0 Å². The molecule has 96 valence electrons. The lowest BCUT2D eigenvalue weighted by molar-refractivity contribution is 0.00952. The van der Waals surface area contributed by atoms with Gasteiger partial charge in [0.2, 0.25) is 0 Å². The van der Waals surface area contributed by atoms with E-state index >= 15 is 0 Å². The van der Waals surface area contributed by atoms with Gasteiger partial charge in [-0.05, 0) is 40.5 Å². The Labute approximate surface area is 96.7 Å². The molecule has 0 aliphatic carbocycles. The molecule has 0 saturated heterocycles. The van der Waals surface area contributed by atoms with Crippen LogP contribution in [-0.4, -0.2) is 50.6 Å². The summed E-state index contributed by atoms with van der Waals surface area (Å²) in [5.74, 6) is 0. The second kappa shape index (κ2) is 6.06. The van der Waals surface area contributed by atoms with E-state index in [4.69, 9.17) is 10.2 Å². The summed E-state index contributed by atoms with van der Waals surface area (Å²) in [4.78, 5) is 12.4. The largest absolute Gasteiger partial charge is 0.465 e. The second-order valence-corrected chi connectivity index (χ2v) is 5.00. The van der Waals surface area contributed by atoms with Crippen molar-refractivity contribution in [1.29, 1.82) is 0 Å². The summed E-state index contributed by atoms with van der Waals surface area (Å²) < 4.78 is 0. The Balaban J connectivity index is 4.62. The molecule has 5 heteroatoms. The maximum atomic E-state index is 11.1. The van der Waals surface area contributed by atoms with E-state index in [1.54, 1.807) is 27.7 Å². The van der Waals surface area contributed by atoms with E-state index in [1.807, 2.05) is 0 Å². The Morgan fingerprint density at radius 2 is 1.88 bits per heavy atom. The monoisotopic (exact) mass is 233 g/mol. The molecule has 0 aromatic carbocycles. The number of carboxylic acid groups (broad SMARTS) is 1. The van der Waals surface area contributed by atoms with Crippen molar-refractivity contribution < 1.29 is 20.1 Å². The van der Waals surface area contributed by atoms with Crippen molar-refractivity contribution in [2.45, 2.75) is 58.2 Å². The summed E-state index contributed by atoms with van der Waals surface area (Å²) in [6, 6.07) is -0.482. The average molecular weight is 233 g/mol. The molecule has 1 unspecified atom stereocenters. The highest BCUT2D eigenvalue weighted by Crippen LogP contribution is 2.20. The lowest BCUT2D eigenvalue weighted by Gasteiger charge is -2.40. The number of amides is 1. The molecule has 0 rings (SSSR count). The van der Waals surface area contributed by atoms with Crippen molar-refractivity contribution in [3.8, 4) is 0 Å². The molecule has 0 aliphatic heterocycles. The van der Waals surface area contributed by atoms with Gasteiger partial charge in [-0.15, -0.1) is 0 Å².